The average molecular weight is 393 g/mol. The Morgan fingerprint density at radius 3 is 2.52 bits per heavy atom. The number of ether oxygens (including phenoxy) is 1. The van der Waals surface area contributed by atoms with Crippen LogP contribution in [0.3, 0.4) is 0 Å². The standard InChI is InChI=1S/C19H18ClFN2O4/c1-12(19(26)23-16-8-7-14(20)10-15(16)21)27-18(25)11-22-17(24)9-13-5-3-2-4-6-13/h2-8,10,12H,9,11H2,1H3,(H,22,24)(H,23,26)/t12-/m1/s1. The van der Waals surface area contributed by atoms with E-state index < -0.39 is 23.8 Å². The second-order valence-corrected chi connectivity index (χ2v) is 6.12. The summed E-state index contributed by atoms with van der Waals surface area (Å²) in [5, 5.41) is 4.91. The molecule has 0 aliphatic rings. The fraction of sp³-hybridized carbons (Fsp3) is 0.211. The van der Waals surface area contributed by atoms with E-state index in [0.29, 0.717) is 0 Å². The number of benzene rings is 2. The predicted octanol–water partition coefficient (Wildman–Crippen LogP) is 2.71. The van der Waals surface area contributed by atoms with Gasteiger partial charge >= 0.3 is 5.97 Å². The normalized spacial score (nSPS) is 11.4. The molecule has 0 spiro atoms. The van der Waals surface area contributed by atoms with Crippen molar-refractivity contribution in [1.29, 1.82) is 0 Å². The number of amides is 2. The molecule has 1 atom stereocenters. The maximum Gasteiger partial charge on any atom is 0.326 e. The Morgan fingerprint density at radius 1 is 1.15 bits per heavy atom. The minimum Gasteiger partial charge on any atom is -0.451 e. The Labute approximate surface area is 160 Å². The molecule has 0 aliphatic carbocycles. The number of carbonyl (C=O) groups excluding carboxylic acids is 3. The summed E-state index contributed by atoms with van der Waals surface area (Å²) in [4.78, 5) is 35.6. The van der Waals surface area contributed by atoms with Gasteiger partial charge in [0.15, 0.2) is 6.10 Å². The lowest BCUT2D eigenvalue weighted by atomic mass is 10.1. The van der Waals surface area contributed by atoms with Crippen LogP contribution >= 0.6 is 11.6 Å². The summed E-state index contributed by atoms with van der Waals surface area (Å²) in [6.45, 7) is 0.964. The smallest absolute Gasteiger partial charge is 0.326 e. The SMILES string of the molecule is C[C@@H](OC(=O)CNC(=O)Cc1ccccc1)C(=O)Nc1ccc(Cl)cc1F. The third-order valence-electron chi connectivity index (χ3n) is 3.50. The largest absolute Gasteiger partial charge is 0.451 e. The Morgan fingerprint density at radius 2 is 1.85 bits per heavy atom. The van der Waals surface area contributed by atoms with Gasteiger partial charge in [-0.15, -0.1) is 0 Å². The number of carbonyl (C=O) groups is 3. The van der Waals surface area contributed by atoms with Gasteiger partial charge in [0.25, 0.3) is 5.91 Å². The van der Waals surface area contributed by atoms with Crippen molar-refractivity contribution in [3.05, 3.63) is 64.9 Å². The van der Waals surface area contributed by atoms with E-state index in [0.717, 1.165) is 11.6 Å². The highest BCUT2D eigenvalue weighted by Gasteiger charge is 2.19. The molecule has 27 heavy (non-hydrogen) atoms. The van der Waals surface area contributed by atoms with E-state index >= 15 is 0 Å². The van der Waals surface area contributed by atoms with Gasteiger partial charge in [-0.1, -0.05) is 41.9 Å². The third kappa shape index (κ3) is 6.71. The number of rotatable bonds is 7. The first kappa shape index (κ1) is 20.4. The zero-order chi connectivity index (χ0) is 19.8. The Balaban J connectivity index is 1.77. The molecule has 8 heteroatoms. The van der Waals surface area contributed by atoms with Crippen LogP contribution in [0.2, 0.25) is 5.02 Å². The zero-order valence-corrected chi connectivity index (χ0v) is 15.3. The van der Waals surface area contributed by atoms with Crippen LogP contribution in [0.15, 0.2) is 48.5 Å². The van der Waals surface area contributed by atoms with Gasteiger partial charge < -0.3 is 15.4 Å². The van der Waals surface area contributed by atoms with E-state index in [1.807, 2.05) is 6.07 Å². The number of anilines is 1. The van der Waals surface area contributed by atoms with E-state index in [4.69, 9.17) is 16.3 Å². The average Bonchev–Trinajstić information content (AvgIpc) is 2.63. The minimum absolute atomic E-state index is 0.0801. The lowest BCUT2D eigenvalue weighted by Gasteiger charge is -2.14. The monoisotopic (exact) mass is 392 g/mol. The predicted molar refractivity (Wildman–Crippen MR) is 98.7 cm³/mol. The summed E-state index contributed by atoms with van der Waals surface area (Å²) >= 11 is 5.64. The molecule has 2 N–H and O–H groups in total. The van der Waals surface area contributed by atoms with Gasteiger partial charge in [-0.2, -0.15) is 0 Å². The topological polar surface area (TPSA) is 84.5 Å². The number of hydrogen-bond donors (Lipinski definition) is 2. The van der Waals surface area contributed by atoms with Crippen LogP contribution in [-0.2, 0) is 25.5 Å². The molecule has 0 bridgehead atoms. The second-order valence-electron chi connectivity index (χ2n) is 5.68. The van der Waals surface area contributed by atoms with Crippen molar-refractivity contribution in [3.63, 3.8) is 0 Å². The molecule has 0 radical (unpaired) electrons. The van der Waals surface area contributed by atoms with Gasteiger partial charge in [0.1, 0.15) is 12.4 Å². The number of hydrogen-bond acceptors (Lipinski definition) is 4. The highest BCUT2D eigenvalue weighted by Crippen LogP contribution is 2.19. The van der Waals surface area contributed by atoms with Crippen LogP contribution in [0, 0.1) is 5.82 Å². The van der Waals surface area contributed by atoms with E-state index in [-0.39, 0.29) is 29.6 Å². The molecule has 2 aromatic rings. The third-order valence-corrected chi connectivity index (χ3v) is 3.74. The summed E-state index contributed by atoms with van der Waals surface area (Å²) in [7, 11) is 0. The molecule has 6 nitrogen and oxygen atoms in total. The number of esters is 1. The van der Waals surface area contributed by atoms with Crippen molar-refractivity contribution in [2.45, 2.75) is 19.4 Å². The fourth-order valence-corrected chi connectivity index (χ4v) is 2.29. The van der Waals surface area contributed by atoms with Gasteiger partial charge in [0.2, 0.25) is 5.91 Å². The summed E-state index contributed by atoms with van der Waals surface area (Å²) < 4.78 is 18.6. The van der Waals surface area contributed by atoms with Crippen molar-refractivity contribution < 1.29 is 23.5 Å². The fourth-order valence-electron chi connectivity index (χ4n) is 2.13. The zero-order valence-electron chi connectivity index (χ0n) is 14.5. The van der Waals surface area contributed by atoms with E-state index in [1.165, 1.54) is 19.1 Å². The first-order valence-corrected chi connectivity index (χ1v) is 8.49. The Kier molecular flexibility index (Phi) is 7.31. The molecule has 0 saturated carbocycles. The molecule has 0 saturated heterocycles. The van der Waals surface area contributed by atoms with Gasteiger partial charge in [-0.3, -0.25) is 14.4 Å². The molecule has 2 rings (SSSR count). The van der Waals surface area contributed by atoms with Crippen LogP contribution in [0.25, 0.3) is 0 Å². The highest BCUT2D eigenvalue weighted by atomic mass is 35.5. The highest BCUT2D eigenvalue weighted by molar-refractivity contribution is 6.30. The Bertz CT molecular complexity index is 830. The quantitative estimate of drug-likeness (QED) is 0.709. The molecule has 0 aliphatic heterocycles. The summed E-state index contributed by atoms with van der Waals surface area (Å²) in [5.41, 5.74) is 0.726. The van der Waals surface area contributed by atoms with Crippen molar-refractivity contribution in [3.8, 4) is 0 Å². The summed E-state index contributed by atoms with van der Waals surface area (Å²) in [6, 6.07) is 12.8. The molecule has 2 amide bonds. The van der Waals surface area contributed by atoms with Crippen molar-refractivity contribution in [1.82, 2.24) is 5.32 Å². The molecular formula is C19H18ClFN2O4. The second kappa shape index (κ2) is 9.68. The maximum absolute atomic E-state index is 13.7. The van der Waals surface area contributed by atoms with Gasteiger partial charge in [-0.25, -0.2) is 4.39 Å². The van der Waals surface area contributed by atoms with Gasteiger partial charge in [0, 0.05) is 5.02 Å². The first-order chi connectivity index (χ1) is 12.8. The van der Waals surface area contributed by atoms with Crippen LogP contribution in [0.4, 0.5) is 10.1 Å². The van der Waals surface area contributed by atoms with Crippen molar-refractivity contribution in [2.75, 3.05) is 11.9 Å². The molecule has 0 unspecified atom stereocenters. The van der Waals surface area contributed by atoms with Crippen molar-refractivity contribution >= 4 is 35.1 Å². The molecule has 2 aromatic carbocycles. The summed E-state index contributed by atoms with van der Waals surface area (Å²) in [5.74, 6) is -2.54. The lowest BCUT2D eigenvalue weighted by Crippen LogP contribution is -2.36. The molecule has 142 valence electrons. The van der Waals surface area contributed by atoms with Gasteiger partial charge in [-0.05, 0) is 30.7 Å². The number of halogens is 2. The van der Waals surface area contributed by atoms with Crippen LogP contribution in [0.5, 0.6) is 0 Å². The molecule has 0 aromatic heterocycles. The summed E-state index contributed by atoms with van der Waals surface area (Å²) in [6.07, 6.45) is -1.04. The van der Waals surface area contributed by atoms with Crippen LogP contribution < -0.4 is 10.6 Å². The molecule has 0 heterocycles. The first-order valence-electron chi connectivity index (χ1n) is 8.11. The van der Waals surface area contributed by atoms with E-state index in [9.17, 15) is 18.8 Å². The molecule has 0 fully saturated rings. The van der Waals surface area contributed by atoms with Crippen LogP contribution in [-0.4, -0.2) is 30.4 Å². The van der Waals surface area contributed by atoms with E-state index in [1.54, 1.807) is 24.3 Å². The number of nitrogens with one attached hydrogen (secondary N) is 2. The van der Waals surface area contributed by atoms with Crippen LogP contribution in [0.1, 0.15) is 12.5 Å². The molecular weight excluding hydrogens is 375 g/mol. The van der Waals surface area contributed by atoms with Crippen molar-refractivity contribution in [2.24, 2.45) is 0 Å². The lowest BCUT2D eigenvalue weighted by molar-refractivity contribution is -0.152. The minimum atomic E-state index is -1.17. The van der Waals surface area contributed by atoms with E-state index in [2.05, 4.69) is 10.6 Å². The maximum atomic E-state index is 13.7. The Hall–Kier alpha value is -2.93. The van der Waals surface area contributed by atoms with Gasteiger partial charge in [0.05, 0.1) is 12.1 Å².